The molecule has 2 rings (SSSR count). The second-order valence-corrected chi connectivity index (χ2v) is 5.95. The van der Waals surface area contributed by atoms with E-state index in [-0.39, 0.29) is 16.7 Å². The number of aryl methyl sites for hydroxylation is 1. The summed E-state index contributed by atoms with van der Waals surface area (Å²) in [7, 11) is 0. The minimum absolute atomic E-state index is 0.0601. The summed E-state index contributed by atoms with van der Waals surface area (Å²) in [6.45, 7) is 4.41. The van der Waals surface area contributed by atoms with Crippen molar-refractivity contribution >= 4 is 34.6 Å². The molecule has 0 bridgehead atoms. The highest BCUT2D eigenvalue weighted by Gasteiger charge is 2.12. The average Bonchev–Trinajstić information content (AvgIpc) is 2.62. The van der Waals surface area contributed by atoms with E-state index in [1.807, 2.05) is 6.92 Å². The number of carbonyl (C=O) groups excluding carboxylic acids is 1. The molecular formula is C18H19N3O4S. The van der Waals surface area contributed by atoms with E-state index in [0.717, 1.165) is 12.0 Å². The maximum atomic E-state index is 12.2. The smallest absolute Gasteiger partial charge is 0.271 e. The molecule has 0 saturated heterocycles. The summed E-state index contributed by atoms with van der Waals surface area (Å²) in [6, 6.07) is 11.1. The highest BCUT2D eigenvalue weighted by molar-refractivity contribution is 7.80. The van der Waals surface area contributed by atoms with Gasteiger partial charge in [-0.2, -0.15) is 0 Å². The van der Waals surface area contributed by atoms with E-state index >= 15 is 0 Å². The van der Waals surface area contributed by atoms with Crippen LogP contribution in [0.25, 0.3) is 0 Å². The minimum atomic E-state index is -0.492. The van der Waals surface area contributed by atoms with Crippen molar-refractivity contribution in [2.75, 3.05) is 11.9 Å². The van der Waals surface area contributed by atoms with E-state index in [1.165, 1.54) is 12.1 Å². The van der Waals surface area contributed by atoms with E-state index in [9.17, 15) is 14.9 Å². The lowest BCUT2D eigenvalue weighted by Crippen LogP contribution is -2.34. The van der Waals surface area contributed by atoms with Crippen molar-refractivity contribution in [3.63, 3.8) is 0 Å². The first-order valence-electron chi connectivity index (χ1n) is 8.01. The van der Waals surface area contributed by atoms with Crippen molar-refractivity contribution in [3.8, 4) is 5.75 Å². The van der Waals surface area contributed by atoms with Crippen molar-refractivity contribution in [3.05, 3.63) is 63.7 Å². The van der Waals surface area contributed by atoms with Crippen LogP contribution in [0.5, 0.6) is 5.75 Å². The second kappa shape index (κ2) is 8.91. The molecule has 0 spiro atoms. The number of thiocarbonyl (C=S) groups is 1. The molecule has 2 aromatic rings. The SMILES string of the molecule is CCCOc1ccc(C(=O)NC(=S)Nc2cc([N+](=O)[O-])ccc2C)cc1. The number of nitro benzene ring substituents is 1. The first-order valence-corrected chi connectivity index (χ1v) is 8.41. The molecule has 0 radical (unpaired) electrons. The van der Waals surface area contributed by atoms with Crippen LogP contribution in [0.3, 0.4) is 0 Å². The molecule has 2 N–H and O–H groups in total. The van der Waals surface area contributed by atoms with Crippen LogP contribution < -0.4 is 15.4 Å². The molecule has 0 aromatic heterocycles. The summed E-state index contributed by atoms with van der Waals surface area (Å²) in [4.78, 5) is 22.6. The van der Waals surface area contributed by atoms with Crippen LogP contribution in [0.2, 0.25) is 0 Å². The Morgan fingerprint density at radius 1 is 1.23 bits per heavy atom. The topological polar surface area (TPSA) is 93.5 Å². The molecular weight excluding hydrogens is 354 g/mol. The van der Waals surface area contributed by atoms with Gasteiger partial charge in [-0.1, -0.05) is 13.0 Å². The van der Waals surface area contributed by atoms with Crippen LogP contribution in [0.15, 0.2) is 42.5 Å². The van der Waals surface area contributed by atoms with Gasteiger partial charge in [0.15, 0.2) is 5.11 Å². The fourth-order valence-corrected chi connectivity index (χ4v) is 2.31. The fourth-order valence-electron chi connectivity index (χ4n) is 2.11. The molecule has 1 amide bonds. The van der Waals surface area contributed by atoms with Crippen molar-refractivity contribution in [2.45, 2.75) is 20.3 Å². The van der Waals surface area contributed by atoms with Crippen LogP contribution >= 0.6 is 12.2 Å². The Bertz CT molecular complexity index is 822. The quantitative estimate of drug-likeness (QED) is 0.454. The van der Waals surface area contributed by atoms with Crippen molar-refractivity contribution in [1.82, 2.24) is 5.32 Å². The number of nitrogens with zero attached hydrogens (tertiary/aromatic N) is 1. The molecule has 0 aliphatic carbocycles. The Hall–Kier alpha value is -3.00. The van der Waals surface area contributed by atoms with Gasteiger partial charge in [0.25, 0.3) is 11.6 Å². The highest BCUT2D eigenvalue weighted by Crippen LogP contribution is 2.21. The number of rotatable bonds is 6. The molecule has 0 aliphatic rings. The standard InChI is InChI=1S/C18H19N3O4S/c1-3-10-25-15-8-5-13(6-9-15)17(22)20-18(26)19-16-11-14(21(23)24)7-4-12(16)2/h4-9,11H,3,10H2,1-2H3,(H2,19,20,22,26). The third-order valence-corrected chi connectivity index (χ3v) is 3.70. The number of benzene rings is 2. The Morgan fingerprint density at radius 2 is 1.92 bits per heavy atom. The van der Waals surface area contributed by atoms with Gasteiger partial charge in [0, 0.05) is 23.4 Å². The second-order valence-electron chi connectivity index (χ2n) is 5.54. The van der Waals surface area contributed by atoms with Crippen molar-refractivity contribution in [2.24, 2.45) is 0 Å². The maximum absolute atomic E-state index is 12.2. The fraction of sp³-hybridized carbons (Fsp3) is 0.222. The summed E-state index contributed by atoms with van der Waals surface area (Å²) in [6.07, 6.45) is 0.902. The van der Waals surface area contributed by atoms with E-state index < -0.39 is 4.92 Å². The molecule has 0 heterocycles. The zero-order valence-electron chi connectivity index (χ0n) is 14.4. The van der Waals surface area contributed by atoms with Crippen LogP contribution in [0.4, 0.5) is 11.4 Å². The van der Waals surface area contributed by atoms with Crippen LogP contribution in [0, 0.1) is 17.0 Å². The predicted molar refractivity (Wildman–Crippen MR) is 104 cm³/mol. The van der Waals surface area contributed by atoms with Gasteiger partial charge in [-0.25, -0.2) is 0 Å². The van der Waals surface area contributed by atoms with Gasteiger partial charge in [0.05, 0.1) is 11.5 Å². The number of anilines is 1. The van der Waals surface area contributed by atoms with Gasteiger partial charge < -0.3 is 10.1 Å². The van der Waals surface area contributed by atoms with Gasteiger partial charge in [0.2, 0.25) is 0 Å². The molecule has 8 heteroatoms. The number of non-ortho nitro benzene ring substituents is 1. The number of nitro groups is 1. The normalized spacial score (nSPS) is 10.1. The van der Waals surface area contributed by atoms with E-state index in [4.69, 9.17) is 17.0 Å². The van der Waals surface area contributed by atoms with Gasteiger partial charge in [-0.15, -0.1) is 0 Å². The van der Waals surface area contributed by atoms with Gasteiger partial charge in [0.1, 0.15) is 5.75 Å². The van der Waals surface area contributed by atoms with Crippen molar-refractivity contribution in [1.29, 1.82) is 0 Å². The zero-order chi connectivity index (χ0) is 19.1. The lowest BCUT2D eigenvalue weighted by atomic mass is 10.2. The van der Waals surface area contributed by atoms with Gasteiger partial charge in [-0.05, 0) is 55.4 Å². The third kappa shape index (κ3) is 5.25. The van der Waals surface area contributed by atoms with Gasteiger partial charge >= 0.3 is 0 Å². The molecule has 136 valence electrons. The van der Waals surface area contributed by atoms with Crippen LogP contribution in [-0.4, -0.2) is 22.5 Å². The Morgan fingerprint density at radius 3 is 2.54 bits per heavy atom. The number of nitrogens with one attached hydrogen (secondary N) is 2. The lowest BCUT2D eigenvalue weighted by Gasteiger charge is -2.12. The molecule has 26 heavy (non-hydrogen) atoms. The zero-order valence-corrected chi connectivity index (χ0v) is 15.3. The Kier molecular flexibility index (Phi) is 6.62. The van der Waals surface area contributed by atoms with Crippen molar-refractivity contribution < 1.29 is 14.5 Å². The summed E-state index contributed by atoms with van der Waals surface area (Å²) in [5, 5.41) is 16.3. The molecule has 0 aliphatic heterocycles. The molecule has 0 atom stereocenters. The summed E-state index contributed by atoms with van der Waals surface area (Å²) < 4.78 is 5.47. The molecule has 0 saturated carbocycles. The Labute approximate surface area is 156 Å². The molecule has 7 nitrogen and oxygen atoms in total. The first kappa shape index (κ1) is 19.3. The summed E-state index contributed by atoms with van der Waals surface area (Å²) >= 11 is 5.13. The van der Waals surface area contributed by atoms with E-state index in [1.54, 1.807) is 37.3 Å². The van der Waals surface area contributed by atoms with E-state index in [2.05, 4.69) is 10.6 Å². The third-order valence-electron chi connectivity index (χ3n) is 3.50. The van der Waals surface area contributed by atoms with Crippen LogP contribution in [0.1, 0.15) is 29.3 Å². The number of hydrogen-bond donors (Lipinski definition) is 2. The molecule has 0 fully saturated rings. The number of hydrogen-bond acceptors (Lipinski definition) is 5. The maximum Gasteiger partial charge on any atom is 0.271 e. The molecule has 0 unspecified atom stereocenters. The minimum Gasteiger partial charge on any atom is -0.494 e. The predicted octanol–water partition coefficient (Wildman–Crippen LogP) is 3.82. The van der Waals surface area contributed by atoms with Crippen LogP contribution in [-0.2, 0) is 0 Å². The monoisotopic (exact) mass is 373 g/mol. The largest absolute Gasteiger partial charge is 0.494 e. The first-order chi connectivity index (χ1) is 12.4. The number of amides is 1. The number of carbonyl (C=O) groups is 1. The van der Waals surface area contributed by atoms with Gasteiger partial charge in [-0.3, -0.25) is 20.2 Å². The summed E-state index contributed by atoms with van der Waals surface area (Å²) in [5.74, 6) is 0.309. The Balaban J connectivity index is 2.00. The van der Waals surface area contributed by atoms with E-state index in [0.29, 0.717) is 23.6 Å². The number of ether oxygens (including phenoxy) is 1. The average molecular weight is 373 g/mol. The highest BCUT2D eigenvalue weighted by atomic mass is 32.1. The molecule has 2 aromatic carbocycles. The summed E-state index contributed by atoms with van der Waals surface area (Å²) in [5.41, 5.74) is 1.60. The lowest BCUT2D eigenvalue weighted by molar-refractivity contribution is -0.384.